The van der Waals surface area contributed by atoms with Crippen molar-refractivity contribution in [3.05, 3.63) is 35.4 Å². The number of sulfonamides is 1. The zero-order chi connectivity index (χ0) is 16.3. The third-order valence-corrected chi connectivity index (χ3v) is 4.77. The Hall–Kier alpha value is -1.12. The normalized spacial score (nSPS) is 14.4. The Balaban J connectivity index is 2.84. The third-order valence-electron chi connectivity index (χ3n) is 2.94. The monoisotopic (exact) mass is 325 g/mol. The van der Waals surface area contributed by atoms with Crippen molar-refractivity contribution in [1.82, 2.24) is 4.31 Å². The van der Waals surface area contributed by atoms with Crippen molar-refractivity contribution in [2.24, 2.45) is 0 Å². The smallest absolute Gasteiger partial charge is 0.393 e. The maximum atomic E-state index is 12.6. The van der Waals surface area contributed by atoms with E-state index < -0.39 is 33.6 Å². The molecular weight excluding hydrogens is 307 g/mol. The van der Waals surface area contributed by atoms with Gasteiger partial charge in [-0.2, -0.15) is 13.2 Å². The van der Waals surface area contributed by atoms with E-state index in [1.54, 1.807) is 0 Å². The molecule has 1 rings (SSSR count). The Kier molecular flexibility index (Phi) is 5.77. The first kappa shape index (κ1) is 17.9. The van der Waals surface area contributed by atoms with Gasteiger partial charge in [-0.15, -0.1) is 0 Å². The third kappa shape index (κ3) is 5.64. The first-order valence-electron chi connectivity index (χ1n) is 6.30. The second-order valence-electron chi connectivity index (χ2n) is 4.91. The first-order valence-corrected chi connectivity index (χ1v) is 7.91. The molecule has 21 heavy (non-hydrogen) atoms. The van der Waals surface area contributed by atoms with Gasteiger partial charge in [0.15, 0.2) is 0 Å². The summed E-state index contributed by atoms with van der Waals surface area (Å²) in [7, 11) is -2.38. The molecule has 1 unspecified atom stereocenters. The first-order chi connectivity index (χ1) is 9.52. The molecule has 0 fully saturated rings. The van der Waals surface area contributed by atoms with Crippen LogP contribution in [-0.2, 0) is 22.0 Å². The summed E-state index contributed by atoms with van der Waals surface area (Å²) in [5.74, 6) is -0.507. The van der Waals surface area contributed by atoms with Gasteiger partial charge in [-0.05, 0) is 25.0 Å². The van der Waals surface area contributed by atoms with Crippen LogP contribution in [-0.4, -0.2) is 37.5 Å². The van der Waals surface area contributed by atoms with E-state index in [4.69, 9.17) is 5.11 Å². The van der Waals surface area contributed by atoms with Crippen LogP contribution in [0.25, 0.3) is 0 Å². The lowest BCUT2D eigenvalue weighted by Gasteiger charge is -2.18. The van der Waals surface area contributed by atoms with E-state index in [0.29, 0.717) is 0 Å². The summed E-state index contributed by atoms with van der Waals surface area (Å²) in [6.45, 7) is 1.65. The van der Waals surface area contributed by atoms with E-state index in [1.165, 1.54) is 26.1 Å². The quantitative estimate of drug-likeness (QED) is 0.873. The van der Waals surface area contributed by atoms with E-state index in [0.717, 1.165) is 16.4 Å². The van der Waals surface area contributed by atoms with Crippen molar-refractivity contribution in [3.8, 4) is 0 Å². The van der Waals surface area contributed by atoms with Crippen molar-refractivity contribution in [3.63, 3.8) is 0 Å². The van der Waals surface area contributed by atoms with Crippen molar-refractivity contribution in [1.29, 1.82) is 0 Å². The lowest BCUT2D eigenvalue weighted by atomic mass is 10.1. The molecule has 0 amide bonds. The zero-order valence-electron chi connectivity index (χ0n) is 11.8. The summed E-state index contributed by atoms with van der Waals surface area (Å²) in [6.07, 6.45) is -4.88. The van der Waals surface area contributed by atoms with Crippen LogP contribution >= 0.6 is 0 Å². The average Bonchev–Trinajstić information content (AvgIpc) is 2.34. The lowest BCUT2D eigenvalue weighted by molar-refractivity contribution is -0.137. The number of nitrogens with zero attached hydrogens (tertiary/aromatic N) is 1. The second-order valence-corrected chi connectivity index (χ2v) is 6.99. The maximum Gasteiger partial charge on any atom is 0.416 e. The Morgan fingerprint density at radius 1 is 1.33 bits per heavy atom. The summed E-state index contributed by atoms with van der Waals surface area (Å²) in [6, 6.07) is 4.26. The summed E-state index contributed by atoms with van der Waals surface area (Å²) < 4.78 is 62.9. The summed E-state index contributed by atoms with van der Waals surface area (Å²) in [4.78, 5) is 0. The van der Waals surface area contributed by atoms with Gasteiger partial charge >= 0.3 is 6.18 Å². The van der Waals surface area contributed by atoms with Gasteiger partial charge in [0.05, 0.1) is 17.4 Å². The molecule has 0 radical (unpaired) electrons. The van der Waals surface area contributed by atoms with Gasteiger partial charge in [0, 0.05) is 13.6 Å². The number of hydrogen-bond acceptors (Lipinski definition) is 3. The van der Waals surface area contributed by atoms with Crippen LogP contribution in [0.3, 0.4) is 0 Å². The van der Waals surface area contributed by atoms with Crippen LogP contribution in [0.5, 0.6) is 0 Å². The molecule has 0 aliphatic heterocycles. The van der Waals surface area contributed by atoms with Crippen molar-refractivity contribution in [2.75, 3.05) is 13.6 Å². The van der Waals surface area contributed by atoms with E-state index in [1.807, 2.05) is 0 Å². The van der Waals surface area contributed by atoms with Gasteiger partial charge in [-0.3, -0.25) is 0 Å². The van der Waals surface area contributed by atoms with E-state index >= 15 is 0 Å². The number of halogens is 3. The predicted molar refractivity (Wildman–Crippen MR) is 73.0 cm³/mol. The number of aliphatic hydroxyl groups is 1. The topological polar surface area (TPSA) is 57.6 Å². The molecule has 8 heteroatoms. The molecule has 1 aromatic rings. The van der Waals surface area contributed by atoms with Crippen molar-refractivity contribution in [2.45, 2.75) is 31.4 Å². The molecule has 1 aromatic carbocycles. The van der Waals surface area contributed by atoms with Crippen LogP contribution in [0, 0.1) is 0 Å². The van der Waals surface area contributed by atoms with Crippen LogP contribution in [0.1, 0.15) is 24.5 Å². The Labute approximate surface area is 122 Å². The van der Waals surface area contributed by atoms with Crippen molar-refractivity contribution >= 4 is 10.0 Å². The molecule has 0 aliphatic carbocycles. The fourth-order valence-electron chi connectivity index (χ4n) is 1.67. The number of hydrogen-bond donors (Lipinski definition) is 1. The minimum Gasteiger partial charge on any atom is -0.393 e. The number of alkyl halides is 3. The summed E-state index contributed by atoms with van der Waals surface area (Å²) in [5.41, 5.74) is -0.796. The molecule has 0 saturated heterocycles. The highest BCUT2D eigenvalue weighted by Crippen LogP contribution is 2.30. The molecule has 0 bridgehead atoms. The highest BCUT2D eigenvalue weighted by Gasteiger charge is 2.31. The molecule has 0 heterocycles. The fraction of sp³-hybridized carbons (Fsp3) is 0.538. The molecule has 0 spiro atoms. The zero-order valence-corrected chi connectivity index (χ0v) is 12.6. The van der Waals surface area contributed by atoms with Crippen LogP contribution < -0.4 is 0 Å². The lowest BCUT2D eigenvalue weighted by Crippen LogP contribution is -2.30. The van der Waals surface area contributed by atoms with Crippen LogP contribution in [0.2, 0.25) is 0 Å². The molecule has 0 aliphatic rings. The molecule has 4 nitrogen and oxygen atoms in total. The minimum absolute atomic E-state index is 0.0775. The summed E-state index contributed by atoms with van der Waals surface area (Å²) >= 11 is 0. The molecule has 1 N–H and O–H groups in total. The van der Waals surface area contributed by atoms with Gasteiger partial charge in [0.1, 0.15) is 0 Å². The summed E-state index contributed by atoms with van der Waals surface area (Å²) in [5, 5.41) is 9.14. The van der Waals surface area contributed by atoms with Gasteiger partial charge in [0.25, 0.3) is 0 Å². The molecule has 0 aromatic heterocycles. The Morgan fingerprint density at radius 2 is 1.95 bits per heavy atom. The fourth-order valence-corrected chi connectivity index (χ4v) is 2.87. The van der Waals surface area contributed by atoms with Crippen LogP contribution in [0.15, 0.2) is 24.3 Å². The average molecular weight is 325 g/mol. The molecule has 0 saturated carbocycles. The highest BCUT2D eigenvalue weighted by molar-refractivity contribution is 7.88. The number of aliphatic hydroxyl groups excluding tert-OH is 1. The van der Waals surface area contributed by atoms with E-state index in [9.17, 15) is 21.6 Å². The minimum atomic E-state index is -4.50. The Morgan fingerprint density at radius 3 is 2.48 bits per heavy atom. The van der Waals surface area contributed by atoms with Crippen LogP contribution in [0.4, 0.5) is 13.2 Å². The van der Waals surface area contributed by atoms with Gasteiger partial charge < -0.3 is 5.11 Å². The number of rotatable bonds is 6. The van der Waals surface area contributed by atoms with Gasteiger partial charge in [0.2, 0.25) is 10.0 Å². The van der Waals surface area contributed by atoms with Gasteiger partial charge in [-0.25, -0.2) is 12.7 Å². The molecular formula is C13H18F3NO3S. The Bertz CT molecular complexity index is 570. The molecule has 1 atom stereocenters. The van der Waals surface area contributed by atoms with E-state index in [2.05, 4.69) is 0 Å². The highest BCUT2D eigenvalue weighted by atomic mass is 32.2. The maximum absolute atomic E-state index is 12.6. The largest absolute Gasteiger partial charge is 0.416 e. The molecule has 120 valence electrons. The standard InChI is InChI=1S/C13H18F3NO3S/c1-10(18)6-7-17(2)21(19,20)9-11-4-3-5-12(8-11)13(14,15)16/h3-5,8,10,18H,6-7,9H2,1-2H3. The predicted octanol–water partition coefficient (Wildman–Crippen LogP) is 2.24. The SMILES string of the molecule is CC(O)CCN(C)S(=O)(=O)Cc1cccc(C(F)(F)F)c1. The second kappa shape index (κ2) is 6.76. The van der Waals surface area contributed by atoms with E-state index in [-0.39, 0.29) is 18.5 Å². The number of benzene rings is 1. The van der Waals surface area contributed by atoms with Crippen molar-refractivity contribution < 1.29 is 26.7 Å². The van der Waals surface area contributed by atoms with Gasteiger partial charge in [-0.1, -0.05) is 18.2 Å².